The standard InChI is InChI=1S/C12H22N2O4S/c1-8(7-19-3)12(18)14-4-9(10(15)5-14)13(2)6-11(16)17/h8-10,15H,4-7H2,1-3H3,(H,16,17)/t8-,9+,10-/m1/s1. The minimum absolute atomic E-state index is 0.0274. The van der Waals surface area contributed by atoms with Gasteiger partial charge in [-0.1, -0.05) is 6.92 Å². The molecule has 1 aliphatic rings. The van der Waals surface area contributed by atoms with Crippen molar-refractivity contribution in [2.75, 3.05) is 38.7 Å². The Labute approximate surface area is 117 Å². The molecule has 19 heavy (non-hydrogen) atoms. The van der Waals surface area contributed by atoms with Gasteiger partial charge in [0.2, 0.25) is 5.91 Å². The lowest BCUT2D eigenvalue weighted by atomic mass is 10.2. The van der Waals surface area contributed by atoms with E-state index >= 15 is 0 Å². The van der Waals surface area contributed by atoms with Crippen LogP contribution in [0.4, 0.5) is 0 Å². The zero-order valence-corrected chi connectivity index (χ0v) is 12.4. The lowest BCUT2D eigenvalue weighted by Gasteiger charge is -2.25. The highest BCUT2D eigenvalue weighted by atomic mass is 32.2. The van der Waals surface area contributed by atoms with E-state index in [1.54, 1.807) is 28.6 Å². The topological polar surface area (TPSA) is 81.1 Å². The molecule has 1 rings (SSSR count). The third-order valence-corrected chi connectivity index (χ3v) is 4.19. The van der Waals surface area contributed by atoms with Crippen molar-refractivity contribution in [3.8, 4) is 0 Å². The molecular weight excluding hydrogens is 268 g/mol. The molecule has 0 unspecified atom stereocenters. The van der Waals surface area contributed by atoms with Gasteiger partial charge in [-0.15, -0.1) is 0 Å². The Morgan fingerprint density at radius 1 is 1.47 bits per heavy atom. The number of β-amino-alcohol motifs (C(OH)–C–C–N with tert-alkyl or cyclic N) is 1. The van der Waals surface area contributed by atoms with Crippen LogP contribution in [0, 0.1) is 5.92 Å². The van der Waals surface area contributed by atoms with Crippen molar-refractivity contribution in [1.29, 1.82) is 0 Å². The van der Waals surface area contributed by atoms with Crippen LogP contribution in [0.1, 0.15) is 6.92 Å². The maximum Gasteiger partial charge on any atom is 0.317 e. The summed E-state index contributed by atoms with van der Waals surface area (Å²) in [5, 5.41) is 18.7. The molecule has 0 bridgehead atoms. The second-order valence-electron chi connectivity index (χ2n) is 5.04. The van der Waals surface area contributed by atoms with Gasteiger partial charge in [0, 0.05) is 24.8 Å². The first-order valence-electron chi connectivity index (χ1n) is 6.24. The number of carbonyl (C=O) groups excluding carboxylic acids is 1. The molecule has 110 valence electrons. The third kappa shape index (κ3) is 4.36. The number of likely N-dealkylation sites (tertiary alicyclic amines) is 1. The van der Waals surface area contributed by atoms with Crippen molar-refractivity contribution in [2.24, 2.45) is 5.92 Å². The van der Waals surface area contributed by atoms with Crippen LogP contribution in [-0.4, -0.2) is 82.7 Å². The molecule has 1 heterocycles. The van der Waals surface area contributed by atoms with Gasteiger partial charge in [-0.3, -0.25) is 14.5 Å². The average Bonchev–Trinajstić information content (AvgIpc) is 2.69. The summed E-state index contributed by atoms with van der Waals surface area (Å²) in [6.45, 7) is 2.41. The number of thioether (sulfide) groups is 1. The van der Waals surface area contributed by atoms with Gasteiger partial charge in [0.1, 0.15) is 0 Å². The van der Waals surface area contributed by atoms with Crippen LogP contribution in [0.2, 0.25) is 0 Å². The van der Waals surface area contributed by atoms with Crippen LogP contribution < -0.4 is 0 Å². The van der Waals surface area contributed by atoms with Crippen molar-refractivity contribution in [3.63, 3.8) is 0 Å². The van der Waals surface area contributed by atoms with E-state index in [0.717, 1.165) is 5.75 Å². The van der Waals surface area contributed by atoms with Crippen molar-refractivity contribution in [3.05, 3.63) is 0 Å². The quantitative estimate of drug-likeness (QED) is 0.691. The van der Waals surface area contributed by atoms with Gasteiger partial charge in [-0.25, -0.2) is 0 Å². The van der Waals surface area contributed by atoms with Gasteiger partial charge >= 0.3 is 5.97 Å². The Balaban J connectivity index is 2.59. The smallest absolute Gasteiger partial charge is 0.317 e. The SMILES string of the molecule is CSC[C@@H](C)C(=O)N1C[C@@H](O)[C@@H](N(C)CC(=O)O)C1. The highest BCUT2D eigenvalue weighted by molar-refractivity contribution is 7.98. The van der Waals surface area contributed by atoms with Gasteiger partial charge in [0.05, 0.1) is 18.7 Å². The van der Waals surface area contributed by atoms with Crippen molar-refractivity contribution in [1.82, 2.24) is 9.80 Å². The molecular formula is C12H22N2O4S. The van der Waals surface area contributed by atoms with Gasteiger partial charge < -0.3 is 15.1 Å². The Hall–Kier alpha value is -0.790. The number of carboxylic acids is 1. The van der Waals surface area contributed by atoms with Gasteiger partial charge in [0.25, 0.3) is 0 Å². The predicted molar refractivity (Wildman–Crippen MR) is 74.2 cm³/mol. The lowest BCUT2D eigenvalue weighted by molar-refractivity contribution is -0.138. The van der Waals surface area contributed by atoms with Crippen molar-refractivity contribution < 1.29 is 19.8 Å². The number of aliphatic hydroxyl groups is 1. The molecule has 2 N–H and O–H groups in total. The van der Waals surface area contributed by atoms with Gasteiger partial charge in [0.15, 0.2) is 0 Å². The largest absolute Gasteiger partial charge is 0.480 e. The van der Waals surface area contributed by atoms with Crippen LogP contribution in [0.15, 0.2) is 0 Å². The van der Waals surface area contributed by atoms with Crippen molar-refractivity contribution >= 4 is 23.6 Å². The van der Waals surface area contributed by atoms with Crippen LogP contribution >= 0.6 is 11.8 Å². The molecule has 1 fully saturated rings. The molecule has 0 aliphatic carbocycles. The predicted octanol–water partition coefficient (Wildman–Crippen LogP) is -0.426. The highest BCUT2D eigenvalue weighted by Crippen LogP contribution is 2.18. The number of likely N-dealkylation sites (N-methyl/N-ethyl adjacent to an activating group) is 1. The van der Waals surface area contributed by atoms with E-state index < -0.39 is 12.1 Å². The lowest BCUT2D eigenvalue weighted by Crippen LogP contribution is -2.43. The molecule has 0 aromatic rings. The molecule has 1 amide bonds. The highest BCUT2D eigenvalue weighted by Gasteiger charge is 2.37. The Morgan fingerprint density at radius 3 is 2.63 bits per heavy atom. The van der Waals surface area contributed by atoms with E-state index in [4.69, 9.17) is 5.11 Å². The number of amides is 1. The summed E-state index contributed by atoms with van der Waals surface area (Å²) < 4.78 is 0. The molecule has 0 aromatic heterocycles. The minimum atomic E-state index is -0.935. The molecule has 6 nitrogen and oxygen atoms in total. The number of hydrogen-bond donors (Lipinski definition) is 2. The maximum absolute atomic E-state index is 12.1. The molecule has 1 aliphatic heterocycles. The normalized spacial score (nSPS) is 24.8. The number of aliphatic carboxylic acids is 1. The first-order chi connectivity index (χ1) is 8.86. The average molecular weight is 290 g/mol. The second kappa shape index (κ2) is 7.12. The minimum Gasteiger partial charge on any atom is -0.480 e. The van der Waals surface area contributed by atoms with Crippen LogP contribution in [0.3, 0.4) is 0 Å². The molecule has 0 radical (unpaired) electrons. The first-order valence-corrected chi connectivity index (χ1v) is 7.64. The number of carbonyl (C=O) groups is 2. The zero-order chi connectivity index (χ0) is 14.6. The molecule has 0 spiro atoms. The van der Waals surface area contributed by atoms with E-state index in [-0.39, 0.29) is 31.0 Å². The Kier molecular flexibility index (Phi) is 6.09. The van der Waals surface area contributed by atoms with Crippen LogP contribution in [0.5, 0.6) is 0 Å². The summed E-state index contributed by atoms with van der Waals surface area (Å²) in [5.41, 5.74) is 0. The number of rotatable bonds is 6. The monoisotopic (exact) mass is 290 g/mol. The molecule has 1 saturated heterocycles. The summed E-state index contributed by atoms with van der Waals surface area (Å²) in [6, 6.07) is -0.304. The Morgan fingerprint density at radius 2 is 2.11 bits per heavy atom. The summed E-state index contributed by atoms with van der Waals surface area (Å²) in [7, 11) is 1.65. The molecule has 0 saturated carbocycles. The number of hydrogen-bond acceptors (Lipinski definition) is 5. The van der Waals surface area contributed by atoms with E-state index in [9.17, 15) is 14.7 Å². The van der Waals surface area contributed by atoms with E-state index in [1.807, 2.05) is 13.2 Å². The Bertz CT molecular complexity index is 340. The van der Waals surface area contributed by atoms with E-state index in [0.29, 0.717) is 6.54 Å². The summed E-state index contributed by atoms with van der Waals surface area (Å²) >= 11 is 1.62. The zero-order valence-electron chi connectivity index (χ0n) is 11.6. The third-order valence-electron chi connectivity index (χ3n) is 3.36. The maximum atomic E-state index is 12.1. The number of nitrogens with zero attached hydrogens (tertiary/aromatic N) is 2. The molecule has 3 atom stereocenters. The summed E-state index contributed by atoms with van der Waals surface area (Å²) in [4.78, 5) is 26.0. The summed E-state index contributed by atoms with van der Waals surface area (Å²) in [5.74, 6) is -0.235. The van der Waals surface area contributed by atoms with Crippen LogP contribution in [-0.2, 0) is 9.59 Å². The van der Waals surface area contributed by atoms with E-state index in [1.165, 1.54) is 0 Å². The number of aliphatic hydroxyl groups excluding tert-OH is 1. The molecule has 0 aromatic carbocycles. The number of carboxylic acid groups (broad SMARTS) is 1. The summed E-state index contributed by atoms with van der Waals surface area (Å²) in [6.07, 6.45) is 1.27. The fourth-order valence-electron chi connectivity index (χ4n) is 2.35. The fourth-order valence-corrected chi connectivity index (χ4v) is 2.99. The van der Waals surface area contributed by atoms with Gasteiger partial charge in [-0.2, -0.15) is 11.8 Å². The van der Waals surface area contributed by atoms with Gasteiger partial charge in [-0.05, 0) is 13.3 Å². The second-order valence-corrected chi connectivity index (χ2v) is 5.95. The first kappa shape index (κ1) is 16.3. The molecule has 7 heteroatoms. The van der Waals surface area contributed by atoms with E-state index in [2.05, 4.69) is 0 Å². The van der Waals surface area contributed by atoms with Crippen LogP contribution in [0.25, 0.3) is 0 Å². The fraction of sp³-hybridized carbons (Fsp3) is 0.833. The van der Waals surface area contributed by atoms with Crippen molar-refractivity contribution in [2.45, 2.75) is 19.1 Å².